The summed E-state index contributed by atoms with van der Waals surface area (Å²) in [5.74, 6) is 0.444. The van der Waals surface area contributed by atoms with Crippen LogP contribution in [0.4, 0.5) is 0 Å². The summed E-state index contributed by atoms with van der Waals surface area (Å²) in [6, 6.07) is 2.00. The Morgan fingerprint density at radius 1 is 1.33 bits per heavy atom. The monoisotopic (exact) mass is 429 g/mol. The van der Waals surface area contributed by atoms with E-state index in [0.717, 1.165) is 55.0 Å². The quantitative estimate of drug-likeness (QED) is 0.748. The molecule has 4 rings (SSSR count). The van der Waals surface area contributed by atoms with Crippen molar-refractivity contribution in [2.45, 2.75) is 26.3 Å². The van der Waals surface area contributed by atoms with Gasteiger partial charge in [-0.05, 0) is 36.8 Å². The van der Waals surface area contributed by atoms with Gasteiger partial charge < -0.3 is 9.80 Å². The Bertz CT molecular complexity index is 936. The molecule has 2 fully saturated rings. The van der Waals surface area contributed by atoms with Gasteiger partial charge in [0.25, 0.3) is 5.91 Å². The molecule has 0 saturated carbocycles. The number of carbonyl (C=O) groups is 2. The number of hydrogen-bond acceptors (Lipinski definition) is 5. The molecule has 2 atom stereocenters. The van der Waals surface area contributed by atoms with Crippen LogP contribution in [0, 0.1) is 18.3 Å². The zero-order chi connectivity index (χ0) is 21.5. The topological polar surface area (TPSA) is 61.7 Å². The Hall–Kier alpha value is -2.19. The molecule has 2 amide bonds. The molecule has 162 valence electrons. The lowest BCUT2D eigenvalue weighted by Crippen LogP contribution is -2.47. The molecule has 7 nitrogen and oxygen atoms in total. The molecule has 2 aliphatic heterocycles. The molecular weight excluding hydrogens is 398 g/mol. The molecule has 0 radical (unpaired) electrons. The van der Waals surface area contributed by atoms with E-state index in [1.807, 2.05) is 61.5 Å². The molecule has 0 bridgehead atoms. The molecule has 30 heavy (non-hydrogen) atoms. The first-order valence-corrected chi connectivity index (χ1v) is 11.4. The van der Waals surface area contributed by atoms with Gasteiger partial charge in [0.15, 0.2) is 0 Å². The van der Waals surface area contributed by atoms with E-state index in [9.17, 15) is 9.59 Å². The fraction of sp³-hybridized carbons (Fsp3) is 0.591. The van der Waals surface area contributed by atoms with Crippen molar-refractivity contribution in [2.75, 3.05) is 40.3 Å². The molecule has 0 aliphatic carbocycles. The number of likely N-dealkylation sites (tertiary alicyclic amines) is 2. The maximum Gasteiger partial charge on any atom is 0.264 e. The average molecular weight is 430 g/mol. The number of aromatic nitrogens is 2. The largest absolute Gasteiger partial charge is 0.348 e. The molecule has 0 N–H and O–H groups in total. The standard InChI is InChI=1S/C22H31N5O2S/c1-16-6-9-30-19(16)20(28)27-8-5-7-22(21(29)24(2)3)15-26(13-18(22)14-27)12-17-10-23-25(4)11-17/h6,9-11,18H,5,7-8,12-15H2,1-4H3/t18-,22-/m0/s1. The zero-order valence-corrected chi connectivity index (χ0v) is 19.1. The molecular formula is C22H31N5O2S. The number of hydrogen-bond donors (Lipinski definition) is 0. The highest BCUT2D eigenvalue weighted by Gasteiger charge is 2.53. The van der Waals surface area contributed by atoms with Gasteiger partial charge in [-0.3, -0.25) is 19.2 Å². The maximum atomic E-state index is 13.4. The van der Waals surface area contributed by atoms with Gasteiger partial charge in [-0.25, -0.2) is 0 Å². The number of fused-ring (bicyclic) bond motifs is 1. The SMILES string of the molecule is Cc1ccsc1C(=O)N1CCC[C@]2(C(=O)N(C)C)CN(Cc3cnn(C)c3)C[C@H]2C1. The van der Waals surface area contributed by atoms with Crippen molar-refractivity contribution in [3.05, 3.63) is 39.8 Å². The third-order valence-corrected chi connectivity index (χ3v) is 7.60. The van der Waals surface area contributed by atoms with Crippen molar-refractivity contribution in [1.29, 1.82) is 0 Å². The number of rotatable bonds is 4. The number of nitrogens with zero attached hydrogens (tertiary/aromatic N) is 5. The average Bonchev–Trinajstić information content (AvgIpc) is 3.37. The summed E-state index contributed by atoms with van der Waals surface area (Å²) in [5, 5.41) is 6.26. The van der Waals surface area contributed by atoms with Crippen molar-refractivity contribution >= 4 is 23.2 Å². The highest BCUT2D eigenvalue weighted by Crippen LogP contribution is 2.44. The molecule has 2 aliphatic rings. The third kappa shape index (κ3) is 3.78. The second-order valence-corrected chi connectivity index (χ2v) is 9.95. The van der Waals surface area contributed by atoms with Crippen LogP contribution in [0.5, 0.6) is 0 Å². The zero-order valence-electron chi connectivity index (χ0n) is 18.3. The van der Waals surface area contributed by atoms with Crippen LogP contribution in [0.15, 0.2) is 23.8 Å². The number of thiophene rings is 1. The van der Waals surface area contributed by atoms with Crippen LogP contribution >= 0.6 is 11.3 Å². The minimum Gasteiger partial charge on any atom is -0.348 e. The van der Waals surface area contributed by atoms with Crippen LogP contribution in [0.3, 0.4) is 0 Å². The molecule has 4 heterocycles. The van der Waals surface area contributed by atoms with Crippen LogP contribution in [0.25, 0.3) is 0 Å². The van der Waals surface area contributed by atoms with E-state index in [0.29, 0.717) is 6.54 Å². The van der Waals surface area contributed by atoms with Crippen molar-refractivity contribution in [2.24, 2.45) is 18.4 Å². The summed E-state index contributed by atoms with van der Waals surface area (Å²) in [7, 11) is 5.62. The van der Waals surface area contributed by atoms with E-state index in [2.05, 4.69) is 10.00 Å². The first-order valence-electron chi connectivity index (χ1n) is 10.5. The number of amides is 2. The van der Waals surface area contributed by atoms with Crippen LogP contribution in [0.2, 0.25) is 0 Å². The van der Waals surface area contributed by atoms with Crippen LogP contribution in [0.1, 0.15) is 33.6 Å². The second kappa shape index (κ2) is 8.15. The van der Waals surface area contributed by atoms with E-state index in [1.54, 1.807) is 4.90 Å². The first-order chi connectivity index (χ1) is 14.3. The predicted octanol–water partition coefficient (Wildman–Crippen LogP) is 2.23. The van der Waals surface area contributed by atoms with Gasteiger partial charge in [0.05, 0.1) is 16.5 Å². The van der Waals surface area contributed by atoms with Gasteiger partial charge in [0, 0.05) is 71.5 Å². The third-order valence-electron chi connectivity index (χ3n) is 6.60. The minimum absolute atomic E-state index is 0.112. The molecule has 2 aromatic heterocycles. The Morgan fingerprint density at radius 3 is 2.77 bits per heavy atom. The van der Waals surface area contributed by atoms with Gasteiger partial charge in [-0.15, -0.1) is 11.3 Å². The summed E-state index contributed by atoms with van der Waals surface area (Å²) in [4.78, 5) is 33.5. The minimum atomic E-state index is -0.425. The van der Waals surface area contributed by atoms with Gasteiger partial charge in [0.1, 0.15) is 0 Å². The van der Waals surface area contributed by atoms with Crippen molar-refractivity contribution in [3.8, 4) is 0 Å². The summed E-state index contributed by atoms with van der Waals surface area (Å²) < 4.78 is 1.81. The van der Waals surface area contributed by atoms with Crippen LogP contribution in [-0.4, -0.2) is 76.6 Å². The van der Waals surface area contributed by atoms with E-state index in [1.165, 1.54) is 11.3 Å². The lowest BCUT2D eigenvalue weighted by Gasteiger charge is -2.35. The highest BCUT2D eigenvalue weighted by atomic mass is 32.1. The second-order valence-electron chi connectivity index (χ2n) is 9.03. The van der Waals surface area contributed by atoms with Crippen molar-refractivity contribution in [3.63, 3.8) is 0 Å². The van der Waals surface area contributed by atoms with E-state index < -0.39 is 5.41 Å². The lowest BCUT2D eigenvalue weighted by molar-refractivity contribution is -0.141. The molecule has 8 heteroatoms. The van der Waals surface area contributed by atoms with Gasteiger partial charge >= 0.3 is 0 Å². The van der Waals surface area contributed by atoms with Crippen LogP contribution < -0.4 is 0 Å². The number of carbonyl (C=O) groups excluding carboxylic acids is 2. The molecule has 2 aromatic rings. The van der Waals surface area contributed by atoms with E-state index in [4.69, 9.17) is 0 Å². The van der Waals surface area contributed by atoms with Crippen LogP contribution in [-0.2, 0) is 18.4 Å². The van der Waals surface area contributed by atoms with Crippen molar-refractivity contribution in [1.82, 2.24) is 24.5 Å². The summed E-state index contributed by atoms with van der Waals surface area (Å²) in [6.07, 6.45) is 5.60. The van der Waals surface area contributed by atoms with Gasteiger partial charge in [-0.2, -0.15) is 5.10 Å². The summed E-state index contributed by atoms with van der Waals surface area (Å²) in [6.45, 7) is 5.69. The lowest BCUT2D eigenvalue weighted by atomic mass is 9.74. The van der Waals surface area contributed by atoms with E-state index in [-0.39, 0.29) is 17.7 Å². The molecule has 0 unspecified atom stereocenters. The Kier molecular flexibility index (Phi) is 5.72. The first kappa shape index (κ1) is 21.1. The Morgan fingerprint density at radius 2 is 2.13 bits per heavy atom. The van der Waals surface area contributed by atoms with E-state index >= 15 is 0 Å². The molecule has 0 spiro atoms. The smallest absolute Gasteiger partial charge is 0.264 e. The maximum absolute atomic E-state index is 13.4. The fourth-order valence-corrected chi connectivity index (χ4v) is 6.08. The molecule has 2 saturated heterocycles. The number of aryl methyl sites for hydroxylation is 2. The molecule has 0 aromatic carbocycles. The van der Waals surface area contributed by atoms with Crippen molar-refractivity contribution < 1.29 is 9.59 Å². The summed E-state index contributed by atoms with van der Waals surface area (Å²) in [5.41, 5.74) is 1.77. The normalized spacial score (nSPS) is 24.5. The Labute approximate surface area is 182 Å². The Balaban J connectivity index is 1.59. The summed E-state index contributed by atoms with van der Waals surface area (Å²) >= 11 is 1.51. The van der Waals surface area contributed by atoms with Gasteiger partial charge in [-0.1, -0.05) is 0 Å². The predicted molar refractivity (Wildman–Crippen MR) is 117 cm³/mol. The highest BCUT2D eigenvalue weighted by molar-refractivity contribution is 7.12. The fourth-order valence-electron chi connectivity index (χ4n) is 5.18. The van der Waals surface area contributed by atoms with Gasteiger partial charge in [0.2, 0.25) is 5.91 Å².